The van der Waals surface area contributed by atoms with Crippen LogP contribution in [0.2, 0.25) is 5.15 Å². The van der Waals surface area contributed by atoms with E-state index < -0.39 is 0 Å². The van der Waals surface area contributed by atoms with Crippen molar-refractivity contribution in [3.63, 3.8) is 0 Å². The molecule has 17 heavy (non-hydrogen) atoms. The van der Waals surface area contributed by atoms with Crippen LogP contribution in [0.25, 0.3) is 0 Å². The smallest absolute Gasteiger partial charge is 0.151 e. The molecule has 0 aliphatic heterocycles. The topological polar surface area (TPSA) is 35.0 Å². The van der Waals surface area contributed by atoms with Gasteiger partial charge in [-0.3, -0.25) is 0 Å². The van der Waals surface area contributed by atoms with Crippen molar-refractivity contribution in [3.8, 4) is 5.75 Å². The van der Waals surface area contributed by atoms with Crippen LogP contribution in [0.3, 0.4) is 0 Å². The summed E-state index contributed by atoms with van der Waals surface area (Å²) in [6.07, 6.45) is 1.03. The molecule has 0 unspecified atom stereocenters. The number of benzene rings is 1. The third-order valence-electron chi connectivity index (χ3n) is 2.41. The Labute approximate surface area is 105 Å². The summed E-state index contributed by atoms with van der Waals surface area (Å²) in [5.41, 5.74) is 2.05. The molecule has 1 heterocycles. The first-order valence-corrected chi connectivity index (χ1v) is 5.85. The summed E-state index contributed by atoms with van der Waals surface area (Å²) in [6, 6.07) is 11.5. The molecular formula is C13H13ClN2O. The highest BCUT2D eigenvalue weighted by atomic mass is 35.5. The highest BCUT2D eigenvalue weighted by molar-refractivity contribution is 6.29. The van der Waals surface area contributed by atoms with Crippen LogP contribution in [0.5, 0.6) is 5.75 Å². The number of halogens is 1. The molecule has 0 saturated heterocycles. The second-order valence-corrected chi connectivity index (χ2v) is 4.02. The van der Waals surface area contributed by atoms with Crippen molar-refractivity contribution in [3.05, 3.63) is 52.8 Å². The zero-order valence-electron chi connectivity index (χ0n) is 9.56. The molecule has 0 aliphatic carbocycles. The molecule has 0 spiro atoms. The van der Waals surface area contributed by atoms with Crippen LogP contribution in [0, 0.1) is 0 Å². The molecule has 0 radical (unpaired) electrons. The van der Waals surface area contributed by atoms with E-state index in [1.165, 1.54) is 5.56 Å². The van der Waals surface area contributed by atoms with Crippen molar-refractivity contribution in [1.29, 1.82) is 0 Å². The predicted octanol–water partition coefficient (Wildman–Crippen LogP) is 3.27. The number of ether oxygens (including phenoxy) is 1. The molecule has 2 aromatic rings. The Kier molecular flexibility index (Phi) is 3.94. The molecule has 0 atom stereocenters. The third-order valence-corrected chi connectivity index (χ3v) is 2.61. The van der Waals surface area contributed by atoms with E-state index in [1.54, 1.807) is 12.1 Å². The predicted molar refractivity (Wildman–Crippen MR) is 67.2 cm³/mol. The largest absolute Gasteiger partial charge is 0.487 e. The van der Waals surface area contributed by atoms with Crippen LogP contribution in [0.15, 0.2) is 36.4 Å². The van der Waals surface area contributed by atoms with Crippen molar-refractivity contribution in [2.45, 2.75) is 20.0 Å². The molecule has 4 heteroatoms. The SMILES string of the molecule is CCc1ccc(OCc2ccc(Cl)nn2)cc1. The van der Waals surface area contributed by atoms with Gasteiger partial charge >= 0.3 is 0 Å². The van der Waals surface area contributed by atoms with E-state index in [9.17, 15) is 0 Å². The zero-order chi connectivity index (χ0) is 12.1. The van der Waals surface area contributed by atoms with E-state index in [0.717, 1.165) is 17.9 Å². The Balaban J connectivity index is 1.95. The molecule has 0 saturated carbocycles. The van der Waals surface area contributed by atoms with Gasteiger partial charge in [-0.1, -0.05) is 30.7 Å². The summed E-state index contributed by atoms with van der Waals surface area (Å²) in [4.78, 5) is 0. The van der Waals surface area contributed by atoms with E-state index >= 15 is 0 Å². The number of hydrogen-bond acceptors (Lipinski definition) is 3. The van der Waals surface area contributed by atoms with Crippen LogP contribution in [-0.2, 0) is 13.0 Å². The van der Waals surface area contributed by atoms with Gasteiger partial charge in [-0.05, 0) is 36.2 Å². The standard InChI is InChI=1S/C13H13ClN2O/c1-2-10-3-6-12(7-4-10)17-9-11-5-8-13(14)16-15-11/h3-8H,2,9H2,1H3. The number of aromatic nitrogens is 2. The van der Waals surface area contributed by atoms with Crippen LogP contribution in [0.1, 0.15) is 18.2 Å². The van der Waals surface area contributed by atoms with Gasteiger partial charge in [0.15, 0.2) is 5.15 Å². The number of rotatable bonds is 4. The Hall–Kier alpha value is -1.61. The Bertz CT molecular complexity index is 468. The number of hydrogen-bond donors (Lipinski definition) is 0. The second kappa shape index (κ2) is 5.64. The molecule has 3 nitrogen and oxygen atoms in total. The molecule has 2 rings (SSSR count). The first kappa shape index (κ1) is 11.9. The summed E-state index contributed by atoms with van der Waals surface area (Å²) < 4.78 is 5.59. The van der Waals surface area contributed by atoms with Crippen molar-refractivity contribution in [1.82, 2.24) is 10.2 Å². The molecule has 88 valence electrons. The van der Waals surface area contributed by atoms with Gasteiger partial charge in [0, 0.05) is 0 Å². The molecule has 0 amide bonds. The van der Waals surface area contributed by atoms with Gasteiger partial charge in [-0.15, -0.1) is 5.10 Å². The average Bonchev–Trinajstić information content (AvgIpc) is 2.39. The molecule has 0 bridgehead atoms. The van der Waals surface area contributed by atoms with Crippen LogP contribution in [-0.4, -0.2) is 10.2 Å². The van der Waals surface area contributed by atoms with Gasteiger partial charge in [-0.25, -0.2) is 0 Å². The normalized spacial score (nSPS) is 10.2. The summed E-state index contributed by atoms with van der Waals surface area (Å²) in [5.74, 6) is 0.832. The fourth-order valence-electron chi connectivity index (χ4n) is 1.40. The molecular weight excluding hydrogens is 236 g/mol. The summed E-state index contributed by atoms with van der Waals surface area (Å²) >= 11 is 5.65. The van der Waals surface area contributed by atoms with Crippen molar-refractivity contribution >= 4 is 11.6 Å². The van der Waals surface area contributed by atoms with E-state index in [1.807, 2.05) is 12.1 Å². The van der Waals surface area contributed by atoms with Gasteiger partial charge in [0.1, 0.15) is 18.1 Å². The highest BCUT2D eigenvalue weighted by Gasteiger charge is 1.98. The zero-order valence-corrected chi connectivity index (χ0v) is 10.3. The minimum atomic E-state index is 0.390. The van der Waals surface area contributed by atoms with E-state index in [0.29, 0.717) is 11.8 Å². The van der Waals surface area contributed by atoms with Gasteiger partial charge in [0.25, 0.3) is 0 Å². The lowest BCUT2D eigenvalue weighted by Gasteiger charge is -2.05. The Morgan fingerprint density at radius 1 is 1.06 bits per heavy atom. The van der Waals surface area contributed by atoms with E-state index in [4.69, 9.17) is 16.3 Å². The Morgan fingerprint density at radius 2 is 1.82 bits per heavy atom. The highest BCUT2D eigenvalue weighted by Crippen LogP contribution is 2.14. The van der Waals surface area contributed by atoms with Crippen molar-refractivity contribution in [2.75, 3.05) is 0 Å². The lowest BCUT2D eigenvalue weighted by Crippen LogP contribution is -1.99. The molecule has 0 fully saturated rings. The lowest BCUT2D eigenvalue weighted by atomic mass is 10.2. The fourth-order valence-corrected chi connectivity index (χ4v) is 1.50. The van der Waals surface area contributed by atoms with Gasteiger partial charge in [-0.2, -0.15) is 5.10 Å². The monoisotopic (exact) mass is 248 g/mol. The lowest BCUT2D eigenvalue weighted by molar-refractivity contribution is 0.300. The van der Waals surface area contributed by atoms with Crippen molar-refractivity contribution in [2.24, 2.45) is 0 Å². The second-order valence-electron chi connectivity index (χ2n) is 3.63. The van der Waals surface area contributed by atoms with Gasteiger partial charge in [0.2, 0.25) is 0 Å². The number of aryl methyl sites for hydroxylation is 1. The molecule has 1 aromatic heterocycles. The molecule has 0 N–H and O–H groups in total. The minimum absolute atomic E-state index is 0.390. The first-order chi connectivity index (χ1) is 8.28. The van der Waals surface area contributed by atoms with E-state index in [-0.39, 0.29) is 0 Å². The third kappa shape index (κ3) is 3.43. The summed E-state index contributed by atoms with van der Waals surface area (Å²) in [5, 5.41) is 8.06. The van der Waals surface area contributed by atoms with Crippen LogP contribution >= 0.6 is 11.6 Å². The van der Waals surface area contributed by atoms with Crippen LogP contribution < -0.4 is 4.74 Å². The maximum absolute atomic E-state index is 5.65. The molecule has 1 aromatic carbocycles. The van der Waals surface area contributed by atoms with Gasteiger partial charge < -0.3 is 4.74 Å². The Morgan fingerprint density at radius 3 is 2.41 bits per heavy atom. The quantitative estimate of drug-likeness (QED) is 0.833. The fraction of sp³-hybridized carbons (Fsp3) is 0.231. The number of nitrogens with zero attached hydrogens (tertiary/aromatic N) is 2. The minimum Gasteiger partial charge on any atom is -0.487 e. The maximum Gasteiger partial charge on any atom is 0.151 e. The van der Waals surface area contributed by atoms with Gasteiger partial charge in [0.05, 0.1) is 0 Å². The van der Waals surface area contributed by atoms with Crippen LogP contribution in [0.4, 0.5) is 0 Å². The first-order valence-electron chi connectivity index (χ1n) is 5.48. The molecule has 0 aliphatic rings. The maximum atomic E-state index is 5.65. The average molecular weight is 249 g/mol. The summed E-state index contributed by atoms with van der Waals surface area (Å²) in [7, 11) is 0. The van der Waals surface area contributed by atoms with E-state index in [2.05, 4.69) is 29.3 Å². The summed E-state index contributed by atoms with van der Waals surface area (Å²) in [6.45, 7) is 2.52. The van der Waals surface area contributed by atoms with Crippen molar-refractivity contribution < 1.29 is 4.74 Å².